The average molecular weight is 368 g/mol. The quantitative estimate of drug-likeness (QED) is 0.561. The van der Waals surface area contributed by atoms with Crippen LogP contribution in [0.3, 0.4) is 0 Å². The van der Waals surface area contributed by atoms with E-state index in [0.29, 0.717) is 24.0 Å². The van der Waals surface area contributed by atoms with Crippen molar-refractivity contribution in [3.63, 3.8) is 0 Å². The van der Waals surface area contributed by atoms with Crippen LogP contribution in [0.1, 0.15) is 54.4 Å². The highest BCUT2D eigenvalue weighted by Crippen LogP contribution is 2.48. The van der Waals surface area contributed by atoms with E-state index in [1.807, 2.05) is 41.5 Å². The Hall–Kier alpha value is -1.14. The SMILES string of the molecule is CC(C)(C)OC(=O)[C@@H]1C[C@H]1[C@H]1CO1.CC(C)(C)OC(=O)[C@H]1C[C@@H]1[C@H]1CO1. The number of carbonyl (C=O) groups is 2. The Morgan fingerprint density at radius 2 is 1.04 bits per heavy atom. The molecule has 6 nitrogen and oxygen atoms in total. The fraction of sp³-hybridized carbons (Fsp3) is 0.900. The van der Waals surface area contributed by atoms with Gasteiger partial charge in [-0.25, -0.2) is 0 Å². The summed E-state index contributed by atoms with van der Waals surface area (Å²) in [5, 5.41) is 0. The van der Waals surface area contributed by atoms with Crippen molar-refractivity contribution >= 4 is 11.9 Å². The molecule has 0 bridgehead atoms. The molecular formula is C20H32O6. The van der Waals surface area contributed by atoms with Gasteiger partial charge in [-0.1, -0.05) is 0 Å². The van der Waals surface area contributed by atoms with Gasteiger partial charge in [0.1, 0.15) is 11.2 Å². The van der Waals surface area contributed by atoms with E-state index in [0.717, 1.165) is 26.1 Å². The summed E-state index contributed by atoms with van der Waals surface area (Å²) in [6.45, 7) is 13.1. The molecule has 2 aliphatic heterocycles. The molecule has 2 heterocycles. The van der Waals surface area contributed by atoms with E-state index in [1.54, 1.807) is 0 Å². The Labute approximate surface area is 155 Å². The average Bonchev–Trinajstić information content (AvgIpc) is 3.31. The van der Waals surface area contributed by atoms with Crippen LogP contribution in [0.2, 0.25) is 0 Å². The summed E-state index contributed by atoms with van der Waals surface area (Å²) in [4.78, 5) is 23.0. The predicted octanol–water partition coefficient (Wildman–Crippen LogP) is 2.73. The highest BCUT2D eigenvalue weighted by Gasteiger charge is 2.54. The van der Waals surface area contributed by atoms with E-state index in [4.69, 9.17) is 18.9 Å². The van der Waals surface area contributed by atoms with Gasteiger partial charge in [-0.15, -0.1) is 0 Å². The molecule has 26 heavy (non-hydrogen) atoms. The van der Waals surface area contributed by atoms with E-state index in [2.05, 4.69) is 0 Å². The summed E-state index contributed by atoms with van der Waals surface area (Å²) < 4.78 is 20.8. The molecule has 0 radical (unpaired) electrons. The Morgan fingerprint density at radius 3 is 1.27 bits per heavy atom. The molecule has 0 aromatic carbocycles. The van der Waals surface area contributed by atoms with Crippen LogP contribution in [0.15, 0.2) is 0 Å². The van der Waals surface area contributed by atoms with Gasteiger partial charge >= 0.3 is 11.9 Å². The first-order valence-electron chi connectivity index (χ1n) is 9.63. The Bertz CT molecular complexity index is 500. The normalized spacial score (nSPS) is 37.0. The van der Waals surface area contributed by atoms with E-state index in [1.165, 1.54) is 0 Å². The van der Waals surface area contributed by atoms with Gasteiger partial charge in [-0.05, 0) is 54.4 Å². The van der Waals surface area contributed by atoms with E-state index in [9.17, 15) is 9.59 Å². The Kier molecular flexibility index (Phi) is 5.12. The van der Waals surface area contributed by atoms with E-state index in [-0.39, 0.29) is 35.0 Å². The van der Waals surface area contributed by atoms with Crippen LogP contribution in [-0.2, 0) is 28.5 Å². The third-order valence-electron chi connectivity index (χ3n) is 4.77. The Balaban J connectivity index is 0.000000151. The van der Waals surface area contributed by atoms with E-state index >= 15 is 0 Å². The van der Waals surface area contributed by atoms with Gasteiger partial charge in [0.2, 0.25) is 0 Å². The summed E-state index contributed by atoms with van der Waals surface area (Å²) in [7, 11) is 0. The highest BCUT2D eigenvalue weighted by molar-refractivity contribution is 5.76. The number of esters is 2. The lowest BCUT2D eigenvalue weighted by Gasteiger charge is -2.19. The predicted molar refractivity (Wildman–Crippen MR) is 94.4 cm³/mol. The van der Waals surface area contributed by atoms with Crippen LogP contribution >= 0.6 is 0 Å². The lowest BCUT2D eigenvalue weighted by Crippen LogP contribution is -2.25. The second kappa shape index (κ2) is 6.79. The topological polar surface area (TPSA) is 77.7 Å². The summed E-state index contributed by atoms with van der Waals surface area (Å²) in [6.07, 6.45) is 2.63. The molecule has 2 saturated carbocycles. The van der Waals surface area contributed by atoms with Crippen LogP contribution < -0.4 is 0 Å². The molecule has 4 rings (SSSR count). The zero-order valence-corrected chi connectivity index (χ0v) is 16.7. The number of carbonyl (C=O) groups excluding carboxylic acids is 2. The summed E-state index contributed by atoms with van der Waals surface area (Å²) in [6, 6.07) is 0. The Morgan fingerprint density at radius 1 is 0.731 bits per heavy atom. The molecule has 0 unspecified atom stereocenters. The van der Waals surface area contributed by atoms with Crippen molar-refractivity contribution in [1.29, 1.82) is 0 Å². The molecule has 6 atom stereocenters. The second-order valence-corrected chi connectivity index (χ2v) is 9.82. The largest absolute Gasteiger partial charge is 0.460 e. The van der Waals surface area contributed by atoms with Crippen molar-refractivity contribution < 1.29 is 28.5 Å². The van der Waals surface area contributed by atoms with Crippen molar-refractivity contribution in [1.82, 2.24) is 0 Å². The molecule has 4 aliphatic rings. The van der Waals surface area contributed by atoms with Crippen molar-refractivity contribution in [3.05, 3.63) is 0 Å². The molecule has 0 spiro atoms. The lowest BCUT2D eigenvalue weighted by molar-refractivity contribution is -0.158. The summed E-state index contributed by atoms with van der Waals surface area (Å²) in [5.41, 5.74) is -0.705. The van der Waals surface area contributed by atoms with Crippen LogP contribution in [0.5, 0.6) is 0 Å². The molecule has 0 amide bonds. The maximum absolute atomic E-state index is 11.5. The highest BCUT2D eigenvalue weighted by atomic mass is 16.6. The molecule has 6 heteroatoms. The van der Waals surface area contributed by atoms with Crippen molar-refractivity contribution in [2.24, 2.45) is 23.7 Å². The standard InChI is InChI=1S/2C10H16O3/c2*1-10(2,3)13-9(11)7-4-6(7)8-5-12-8/h2*6-8H,4-5H2,1-3H3/t6-,7-,8+;6-,7-,8-/m01/s1. The number of hydrogen-bond acceptors (Lipinski definition) is 6. The minimum absolute atomic E-state index is 0.0481. The van der Waals surface area contributed by atoms with Gasteiger partial charge < -0.3 is 18.9 Å². The van der Waals surface area contributed by atoms with Gasteiger partial charge in [-0.2, -0.15) is 0 Å². The van der Waals surface area contributed by atoms with Gasteiger partial charge in [0.25, 0.3) is 0 Å². The third kappa shape index (κ3) is 5.95. The molecule has 2 aliphatic carbocycles. The summed E-state index contributed by atoms with van der Waals surface area (Å²) in [5.74, 6) is 1.05. The molecular weight excluding hydrogens is 336 g/mol. The van der Waals surface area contributed by atoms with Crippen molar-refractivity contribution in [3.8, 4) is 0 Å². The number of rotatable bonds is 4. The van der Waals surface area contributed by atoms with Crippen LogP contribution in [0.4, 0.5) is 0 Å². The minimum Gasteiger partial charge on any atom is -0.460 e. The monoisotopic (exact) mass is 368 g/mol. The first kappa shape index (κ1) is 19.6. The number of ether oxygens (including phenoxy) is 4. The first-order chi connectivity index (χ1) is 11.9. The van der Waals surface area contributed by atoms with Crippen LogP contribution in [0.25, 0.3) is 0 Å². The van der Waals surface area contributed by atoms with Crippen LogP contribution in [-0.4, -0.2) is 48.6 Å². The molecule has 0 N–H and O–H groups in total. The van der Waals surface area contributed by atoms with Gasteiger partial charge in [0, 0.05) is 11.8 Å². The van der Waals surface area contributed by atoms with Gasteiger partial charge in [-0.3, -0.25) is 9.59 Å². The fourth-order valence-corrected chi connectivity index (χ4v) is 3.15. The van der Waals surface area contributed by atoms with Crippen molar-refractivity contribution in [2.45, 2.75) is 77.8 Å². The third-order valence-corrected chi connectivity index (χ3v) is 4.77. The maximum atomic E-state index is 11.5. The minimum atomic E-state index is -0.353. The zero-order chi connectivity index (χ0) is 19.3. The van der Waals surface area contributed by atoms with E-state index < -0.39 is 0 Å². The lowest BCUT2D eigenvalue weighted by atomic mass is 10.2. The van der Waals surface area contributed by atoms with Gasteiger partial charge in [0.05, 0.1) is 37.3 Å². The smallest absolute Gasteiger partial charge is 0.309 e. The molecule has 0 aromatic rings. The molecule has 2 saturated heterocycles. The number of epoxide rings is 2. The fourth-order valence-electron chi connectivity index (χ4n) is 3.15. The number of hydrogen-bond donors (Lipinski definition) is 0. The second-order valence-electron chi connectivity index (χ2n) is 9.82. The zero-order valence-electron chi connectivity index (χ0n) is 16.7. The maximum Gasteiger partial charge on any atom is 0.309 e. The molecule has 0 aromatic heterocycles. The first-order valence-corrected chi connectivity index (χ1v) is 9.63. The van der Waals surface area contributed by atoms with Gasteiger partial charge in [0.15, 0.2) is 0 Å². The molecule has 4 fully saturated rings. The summed E-state index contributed by atoms with van der Waals surface area (Å²) >= 11 is 0. The molecule has 148 valence electrons. The van der Waals surface area contributed by atoms with Crippen molar-refractivity contribution in [2.75, 3.05) is 13.2 Å². The van der Waals surface area contributed by atoms with Crippen LogP contribution in [0, 0.1) is 23.7 Å².